The van der Waals surface area contributed by atoms with E-state index in [-0.39, 0.29) is 48.6 Å². The molecular weight excluding hydrogens is 354 g/mol. The first-order valence-corrected chi connectivity index (χ1v) is 9.36. The maximum absolute atomic E-state index is 12.8. The third kappa shape index (κ3) is 2.26. The van der Waals surface area contributed by atoms with Gasteiger partial charge < -0.3 is 4.74 Å². The van der Waals surface area contributed by atoms with Crippen LogP contribution in [0.1, 0.15) is 12.0 Å². The summed E-state index contributed by atoms with van der Waals surface area (Å²) in [6, 6.07) is 7.09. The second kappa shape index (κ2) is 5.68. The number of benzene rings is 1. The van der Waals surface area contributed by atoms with Crippen LogP contribution in [0.2, 0.25) is 5.02 Å². The van der Waals surface area contributed by atoms with E-state index < -0.39 is 5.97 Å². The highest BCUT2D eigenvalue weighted by Crippen LogP contribution is 2.65. The van der Waals surface area contributed by atoms with Crippen molar-refractivity contribution in [2.45, 2.75) is 13.0 Å². The molecule has 1 aromatic carbocycles. The van der Waals surface area contributed by atoms with Crippen molar-refractivity contribution in [3.05, 3.63) is 47.0 Å². The summed E-state index contributed by atoms with van der Waals surface area (Å²) in [5, 5.41) is 0.515. The summed E-state index contributed by atoms with van der Waals surface area (Å²) in [5.41, 5.74) is 0.692. The Bertz CT molecular complexity index is 814. The average Bonchev–Trinajstić information content (AvgIpc) is 3.42. The van der Waals surface area contributed by atoms with Crippen LogP contribution >= 0.6 is 11.6 Å². The molecule has 1 aliphatic heterocycles. The predicted octanol–water partition coefficient (Wildman–Crippen LogP) is 2.44. The summed E-state index contributed by atoms with van der Waals surface area (Å²) in [6.07, 6.45) is 5.35. The van der Waals surface area contributed by atoms with Crippen molar-refractivity contribution < 1.29 is 19.1 Å². The Morgan fingerprint density at radius 2 is 1.69 bits per heavy atom. The molecule has 5 nitrogen and oxygen atoms in total. The van der Waals surface area contributed by atoms with E-state index in [9.17, 15) is 14.4 Å². The van der Waals surface area contributed by atoms with Crippen LogP contribution in [0.5, 0.6) is 0 Å². The summed E-state index contributed by atoms with van der Waals surface area (Å²) >= 11 is 6.05. The van der Waals surface area contributed by atoms with Gasteiger partial charge in [0.05, 0.1) is 11.8 Å². The average molecular weight is 372 g/mol. The van der Waals surface area contributed by atoms with E-state index in [1.54, 1.807) is 24.3 Å². The maximum atomic E-state index is 12.8. The Labute approximate surface area is 155 Å². The van der Waals surface area contributed by atoms with Crippen LogP contribution in [0.15, 0.2) is 36.4 Å². The number of hydrogen-bond acceptors (Lipinski definition) is 4. The summed E-state index contributed by atoms with van der Waals surface area (Å²) in [6.45, 7) is -0.289. The third-order valence-corrected chi connectivity index (χ3v) is 6.76. The highest BCUT2D eigenvalue weighted by atomic mass is 35.5. The van der Waals surface area contributed by atoms with Gasteiger partial charge in [0.2, 0.25) is 11.8 Å². The molecule has 2 saturated carbocycles. The second-order valence-electron chi connectivity index (χ2n) is 7.67. The Morgan fingerprint density at radius 1 is 1.08 bits per heavy atom. The van der Waals surface area contributed by atoms with Gasteiger partial charge in [0.15, 0.2) is 0 Å². The van der Waals surface area contributed by atoms with Crippen LogP contribution in [0, 0.1) is 35.5 Å². The van der Waals surface area contributed by atoms with Crippen LogP contribution < -0.4 is 0 Å². The molecule has 0 spiro atoms. The Balaban J connectivity index is 1.27. The fourth-order valence-electron chi connectivity index (χ4n) is 5.12. The minimum absolute atomic E-state index is 0.0263. The molecule has 1 aromatic rings. The lowest BCUT2D eigenvalue weighted by Gasteiger charge is -2.37. The first-order valence-electron chi connectivity index (χ1n) is 8.99. The quantitative estimate of drug-likeness (QED) is 0.463. The molecule has 6 rings (SSSR count). The van der Waals surface area contributed by atoms with E-state index in [1.165, 1.54) is 0 Å². The van der Waals surface area contributed by atoms with E-state index in [4.69, 9.17) is 16.3 Å². The van der Waals surface area contributed by atoms with E-state index in [1.807, 2.05) is 0 Å². The van der Waals surface area contributed by atoms with Gasteiger partial charge in [-0.05, 0) is 36.2 Å². The van der Waals surface area contributed by atoms with Gasteiger partial charge in [-0.15, -0.1) is 0 Å². The van der Waals surface area contributed by atoms with Gasteiger partial charge in [0.25, 0.3) is 0 Å². The predicted molar refractivity (Wildman–Crippen MR) is 92.7 cm³/mol. The van der Waals surface area contributed by atoms with Crippen molar-refractivity contribution in [2.75, 3.05) is 6.54 Å². The monoisotopic (exact) mass is 371 g/mol. The zero-order valence-electron chi connectivity index (χ0n) is 14.0. The van der Waals surface area contributed by atoms with Crippen LogP contribution in [0.3, 0.4) is 0 Å². The zero-order valence-corrected chi connectivity index (χ0v) is 14.8. The maximum Gasteiger partial charge on any atom is 0.326 e. The lowest BCUT2D eigenvalue weighted by molar-refractivity contribution is -0.154. The van der Waals surface area contributed by atoms with Crippen LogP contribution in [0.4, 0.5) is 0 Å². The minimum Gasteiger partial charge on any atom is -0.459 e. The van der Waals surface area contributed by atoms with Crippen LogP contribution in [-0.2, 0) is 25.7 Å². The van der Waals surface area contributed by atoms with Crippen LogP contribution in [0.25, 0.3) is 0 Å². The molecule has 3 fully saturated rings. The van der Waals surface area contributed by atoms with E-state index >= 15 is 0 Å². The number of halogens is 1. The molecule has 0 aromatic heterocycles. The van der Waals surface area contributed by atoms with E-state index in [2.05, 4.69) is 12.2 Å². The van der Waals surface area contributed by atoms with Crippen molar-refractivity contribution in [1.29, 1.82) is 0 Å². The highest BCUT2D eigenvalue weighted by Gasteiger charge is 2.67. The minimum atomic E-state index is -0.587. The molecule has 2 bridgehead atoms. The normalized spacial score (nSPS) is 36.1. The van der Waals surface area contributed by atoms with Gasteiger partial charge in [0, 0.05) is 10.6 Å². The van der Waals surface area contributed by atoms with Gasteiger partial charge in [-0.25, -0.2) is 0 Å². The number of allylic oxidation sites excluding steroid dienone is 2. The first kappa shape index (κ1) is 16.1. The molecule has 0 unspecified atom stereocenters. The van der Waals surface area contributed by atoms with Gasteiger partial charge in [-0.3, -0.25) is 19.3 Å². The Morgan fingerprint density at radius 3 is 2.31 bits per heavy atom. The van der Waals surface area contributed by atoms with Crippen molar-refractivity contribution in [2.24, 2.45) is 35.5 Å². The standard InChI is InChI=1S/C20H18ClNO4/c21-15-4-2-1-3-10(15)9-26-16(23)8-22-19(24)17-11-5-6-12(14-7-13(11)14)18(17)20(22)25/h1-6,11-14,17-18H,7-9H2/t11-,12-,13-,14+,17+,18+/m1/s1. The lowest BCUT2D eigenvalue weighted by Crippen LogP contribution is -2.40. The van der Waals surface area contributed by atoms with Gasteiger partial charge in [-0.2, -0.15) is 0 Å². The Hall–Kier alpha value is -2.14. The number of ether oxygens (including phenoxy) is 1. The lowest BCUT2D eigenvalue weighted by atomic mass is 9.63. The summed E-state index contributed by atoms with van der Waals surface area (Å²) in [7, 11) is 0. The molecule has 1 heterocycles. The number of hydrogen-bond donors (Lipinski definition) is 0. The van der Waals surface area contributed by atoms with Crippen molar-refractivity contribution in [1.82, 2.24) is 4.90 Å². The molecule has 2 amide bonds. The largest absolute Gasteiger partial charge is 0.459 e. The van der Waals surface area contributed by atoms with Crippen LogP contribution in [-0.4, -0.2) is 29.2 Å². The Kier molecular flexibility index (Phi) is 3.51. The molecule has 0 N–H and O–H groups in total. The summed E-state index contributed by atoms with van der Waals surface area (Å²) in [5.74, 6) is -0.138. The molecule has 0 radical (unpaired) electrons. The van der Waals surface area contributed by atoms with Gasteiger partial charge >= 0.3 is 5.97 Å². The molecule has 26 heavy (non-hydrogen) atoms. The number of likely N-dealkylation sites (tertiary alicyclic amines) is 1. The molecular formula is C20H18ClNO4. The topological polar surface area (TPSA) is 63.7 Å². The third-order valence-electron chi connectivity index (χ3n) is 6.39. The number of amides is 2. The number of carbonyl (C=O) groups excluding carboxylic acids is 3. The fourth-order valence-corrected chi connectivity index (χ4v) is 5.31. The smallest absolute Gasteiger partial charge is 0.326 e. The molecule has 1 saturated heterocycles. The van der Waals surface area contributed by atoms with Crippen molar-refractivity contribution >= 4 is 29.4 Å². The first-order chi connectivity index (χ1) is 12.6. The number of carbonyl (C=O) groups is 3. The van der Waals surface area contributed by atoms with Gasteiger partial charge in [0.1, 0.15) is 13.2 Å². The molecule has 6 heteroatoms. The number of imide groups is 1. The van der Waals surface area contributed by atoms with E-state index in [0.717, 1.165) is 11.3 Å². The van der Waals surface area contributed by atoms with Crippen molar-refractivity contribution in [3.8, 4) is 0 Å². The summed E-state index contributed by atoms with van der Waals surface area (Å²) in [4.78, 5) is 38.9. The molecule has 4 aliphatic carbocycles. The van der Waals surface area contributed by atoms with Gasteiger partial charge in [-0.1, -0.05) is 42.0 Å². The molecule has 134 valence electrons. The molecule has 5 aliphatic rings. The SMILES string of the molecule is O=C(CN1C(=O)[C@H]2[C@@H]3C=C[C@H]([C@@H]4C[C@H]34)[C@@H]2C1=O)OCc1ccccc1Cl. The van der Waals surface area contributed by atoms with Crippen molar-refractivity contribution in [3.63, 3.8) is 0 Å². The second-order valence-corrected chi connectivity index (χ2v) is 8.08. The highest BCUT2D eigenvalue weighted by molar-refractivity contribution is 6.31. The fraction of sp³-hybridized carbons (Fsp3) is 0.450. The summed E-state index contributed by atoms with van der Waals surface area (Å²) < 4.78 is 5.23. The molecule has 6 atom stereocenters. The number of nitrogens with zero attached hydrogens (tertiary/aromatic N) is 1. The van der Waals surface area contributed by atoms with E-state index in [0.29, 0.717) is 22.4 Å². The zero-order chi connectivity index (χ0) is 18.0. The number of esters is 1. The number of rotatable bonds is 4.